The molecule has 1 N–H and O–H groups in total. The van der Waals surface area contributed by atoms with Crippen LogP contribution in [0.15, 0.2) is 72.9 Å². The van der Waals surface area contributed by atoms with Gasteiger partial charge in [0.05, 0.1) is 5.69 Å². The predicted molar refractivity (Wildman–Crippen MR) is 145 cm³/mol. The van der Waals surface area contributed by atoms with Crippen molar-refractivity contribution in [1.82, 2.24) is 14.9 Å². The maximum absolute atomic E-state index is 14.0. The maximum atomic E-state index is 14.0. The summed E-state index contributed by atoms with van der Waals surface area (Å²) in [6.45, 7) is 4.40. The predicted octanol–water partition coefficient (Wildman–Crippen LogP) is 7.13. The topological polar surface area (TPSA) is 41.0 Å². The van der Waals surface area contributed by atoms with Crippen LogP contribution in [0, 0.1) is 11.6 Å². The molecule has 5 rings (SSSR count). The van der Waals surface area contributed by atoms with Crippen LogP contribution in [-0.4, -0.2) is 35.0 Å². The van der Waals surface area contributed by atoms with Crippen LogP contribution in [0.1, 0.15) is 47.9 Å². The van der Waals surface area contributed by atoms with Crippen molar-refractivity contribution in [3.8, 4) is 11.3 Å². The van der Waals surface area contributed by atoms with Gasteiger partial charge in [-0.25, -0.2) is 18.7 Å². The molecule has 1 atom stereocenters. The molecule has 0 amide bonds. The Hall–Kier alpha value is -3.64. The van der Waals surface area contributed by atoms with Crippen LogP contribution in [0.2, 0.25) is 0 Å². The van der Waals surface area contributed by atoms with Gasteiger partial charge in [0, 0.05) is 29.9 Å². The standard InChI is InChI=1S/C31H32F2N4/c1-3-4-16-37(2)17-15-21-9-12-24(13-10-21)35-31-34-20-23-18-27(22-11-14-28(32)29(33)19-22)25-7-5-6-8-26(25)30(23)36-31/h5-14,19-20,27H,3-4,15-18H2,1-2H3,(H,34,35,36). The van der Waals surface area contributed by atoms with Crippen LogP contribution in [0.3, 0.4) is 0 Å². The van der Waals surface area contributed by atoms with E-state index in [4.69, 9.17) is 4.98 Å². The zero-order valence-corrected chi connectivity index (χ0v) is 21.3. The van der Waals surface area contributed by atoms with Gasteiger partial charge in [-0.3, -0.25) is 0 Å². The van der Waals surface area contributed by atoms with E-state index in [1.54, 1.807) is 6.07 Å². The molecule has 0 aliphatic heterocycles. The molecule has 0 saturated carbocycles. The Morgan fingerprint density at radius 2 is 1.78 bits per heavy atom. The molecule has 0 spiro atoms. The number of hydrogen-bond donors (Lipinski definition) is 1. The highest BCUT2D eigenvalue weighted by atomic mass is 19.2. The van der Waals surface area contributed by atoms with Crippen molar-refractivity contribution in [2.75, 3.05) is 25.5 Å². The second-order valence-corrected chi connectivity index (χ2v) is 9.81. The van der Waals surface area contributed by atoms with Crippen molar-refractivity contribution in [3.63, 3.8) is 0 Å². The van der Waals surface area contributed by atoms with E-state index in [0.717, 1.165) is 53.1 Å². The highest BCUT2D eigenvalue weighted by Gasteiger charge is 2.28. The number of anilines is 2. The Morgan fingerprint density at radius 1 is 0.973 bits per heavy atom. The van der Waals surface area contributed by atoms with Gasteiger partial charge < -0.3 is 10.2 Å². The summed E-state index contributed by atoms with van der Waals surface area (Å²) in [7, 11) is 2.18. The molecule has 0 saturated heterocycles. The molecule has 0 bridgehead atoms. The van der Waals surface area contributed by atoms with Crippen molar-refractivity contribution in [3.05, 3.63) is 107 Å². The summed E-state index contributed by atoms with van der Waals surface area (Å²) in [5.74, 6) is -1.22. The molecule has 37 heavy (non-hydrogen) atoms. The van der Waals surface area contributed by atoms with Crippen LogP contribution in [0.25, 0.3) is 11.3 Å². The third kappa shape index (κ3) is 5.70. The molecular weight excluding hydrogens is 466 g/mol. The van der Waals surface area contributed by atoms with Gasteiger partial charge in [0.1, 0.15) is 0 Å². The lowest BCUT2D eigenvalue weighted by Crippen LogP contribution is -2.22. The van der Waals surface area contributed by atoms with Gasteiger partial charge in [0.25, 0.3) is 0 Å². The third-order valence-corrected chi connectivity index (χ3v) is 7.11. The molecule has 1 heterocycles. The molecule has 1 aromatic heterocycles. The highest BCUT2D eigenvalue weighted by molar-refractivity contribution is 5.73. The van der Waals surface area contributed by atoms with E-state index in [0.29, 0.717) is 12.4 Å². The lowest BCUT2D eigenvalue weighted by molar-refractivity contribution is 0.332. The van der Waals surface area contributed by atoms with Crippen molar-refractivity contribution >= 4 is 11.6 Å². The SMILES string of the molecule is CCCCN(C)CCc1ccc(Nc2ncc3c(n2)-c2ccccc2C(c2ccc(F)c(F)c2)C3)cc1. The van der Waals surface area contributed by atoms with Crippen LogP contribution in [-0.2, 0) is 12.8 Å². The zero-order valence-electron chi connectivity index (χ0n) is 21.3. The van der Waals surface area contributed by atoms with Crippen molar-refractivity contribution in [1.29, 1.82) is 0 Å². The van der Waals surface area contributed by atoms with Crippen LogP contribution >= 0.6 is 0 Å². The number of benzene rings is 3. The van der Waals surface area contributed by atoms with Crippen LogP contribution in [0.4, 0.5) is 20.4 Å². The molecule has 6 heteroatoms. The highest BCUT2D eigenvalue weighted by Crippen LogP contribution is 2.42. The van der Waals surface area contributed by atoms with E-state index in [1.165, 1.54) is 30.5 Å². The van der Waals surface area contributed by atoms with Gasteiger partial charge in [-0.1, -0.05) is 55.8 Å². The smallest absolute Gasteiger partial charge is 0.227 e. The minimum atomic E-state index is -0.834. The van der Waals surface area contributed by atoms with Gasteiger partial charge in [0.2, 0.25) is 5.95 Å². The average Bonchev–Trinajstić information content (AvgIpc) is 2.92. The van der Waals surface area contributed by atoms with Gasteiger partial charge in [-0.2, -0.15) is 0 Å². The molecule has 190 valence electrons. The number of nitrogens with zero attached hydrogens (tertiary/aromatic N) is 3. The summed E-state index contributed by atoms with van der Waals surface area (Å²) < 4.78 is 27.6. The average molecular weight is 499 g/mol. The summed E-state index contributed by atoms with van der Waals surface area (Å²) in [6, 6.07) is 20.6. The Balaban J connectivity index is 1.33. The second-order valence-electron chi connectivity index (χ2n) is 9.81. The number of hydrogen-bond acceptors (Lipinski definition) is 4. The van der Waals surface area contributed by atoms with Crippen LogP contribution in [0.5, 0.6) is 0 Å². The molecule has 1 unspecified atom stereocenters. The zero-order chi connectivity index (χ0) is 25.8. The molecule has 3 aromatic carbocycles. The van der Waals surface area contributed by atoms with E-state index in [9.17, 15) is 8.78 Å². The van der Waals surface area contributed by atoms with Crippen molar-refractivity contribution in [2.24, 2.45) is 0 Å². The largest absolute Gasteiger partial charge is 0.324 e. The normalized spacial score (nSPS) is 14.4. The summed E-state index contributed by atoms with van der Waals surface area (Å²) in [4.78, 5) is 11.8. The number of likely N-dealkylation sites (N-methyl/N-ethyl adjacent to an activating group) is 1. The number of halogens is 2. The Morgan fingerprint density at radius 3 is 2.57 bits per heavy atom. The molecule has 4 aromatic rings. The first kappa shape index (κ1) is 25.0. The molecule has 0 fully saturated rings. The molecule has 1 aliphatic carbocycles. The number of nitrogens with one attached hydrogen (secondary N) is 1. The molecule has 4 nitrogen and oxygen atoms in total. The first-order valence-corrected chi connectivity index (χ1v) is 13.0. The summed E-state index contributed by atoms with van der Waals surface area (Å²) in [5.41, 5.74) is 6.89. The lowest BCUT2D eigenvalue weighted by Gasteiger charge is -2.27. The fourth-order valence-electron chi connectivity index (χ4n) is 4.97. The Labute approximate surface area is 217 Å². The second kappa shape index (κ2) is 11.2. The quantitative estimate of drug-likeness (QED) is 0.267. The minimum Gasteiger partial charge on any atom is -0.324 e. The van der Waals surface area contributed by atoms with E-state index in [2.05, 4.69) is 53.4 Å². The first-order chi connectivity index (χ1) is 18.0. The first-order valence-electron chi connectivity index (χ1n) is 13.0. The fraction of sp³-hybridized carbons (Fsp3) is 0.290. The molecule has 1 aliphatic rings. The number of unbranched alkanes of at least 4 members (excludes halogenated alkanes) is 1. The number of aromatic nitrogens is 2. The molecule has 0 radical (unpaired) electrons. The van der Waals surface area contributed by atoms with Gasteiger partial charge in [-0.15, -0.1) is 0 Å². The number of fused-ring (bicyclic) bond motifs is 3. The monoisotopic (exact) mass is 498 g/mol. The summed E-state index contributed by atoms with van der Waals surface area (Å²) in [6.07, 6.45) is 5.94. The fourth-order valence-corrected chi connectivity index (χ4v) is 4.97. The minimum absolute atomic E-state index is 0.0882. The van der Waals surface area contributed by atoms with Gasteiger partial charge in [-0.05, 0) is 79.4 Å². The van der Waals surface area contributed by atoms with E-state index < -0.39 is 11.6 Å². The molecular formula is C31H32F2N4. The van der Waals surface area contributed by atoms with Crippen LogP contribution < -0.4 is 5.32 Å². The third-order valence-electron chi connectivity index (χ3n) is 7.11. The van der Waals surface area contributed by atoms with Gasteiger partial charge in [0.15, 0.2) is 11.6 Å². The lowest BCUT2D eigenvalue weighted by atomic mass is 9.78. The summed E-state index contributed by atoms with van der Waals surface area (Å²) in [5, 5.41) is 3.34. The number of rotatable bonds is 9. The van der Waals surface area contributed by atoms with Gasteiger partial charge >= 0.3 is 0 Å². The van der Waals surface area contributed by atoms with Crippen molar-refractivity contribution in [2.45, 2.75) is 38.5 Å². The Kier molecular flexibility index (Phi) is 7.56. The van der Waals surface area contributed by atoms with E-state index >= 15 is 0 Å². The van der Waals surface area contributed by atoms with Crippen molar-refractivity contribution < 1.29 is 8.78 Å². The van der Waals surface area contributed by atoms with E-state index in [1.807, 2.05) is 30.5 Å². The van der Waals surface area contributed by atoms with E-state index in [-0.39, 0.29) is 5.92 Å². The Bertz CT molecular complexity index is 1370. The summed E-state index contributed by atoms with van der Waals surface area (Å²) >= 11 is 0. The maximum Gasteiger partial charge on any atom is 0.227 e.